The quantitative estimate of drug-likeness (QED) is 0.589. The smallest absolute Gasteiger partial charge is 0.191 e. The molecule has 1 unspecified atom stereocenters. The highest BCUT2D eigenvalue weighted by atomic mass is 16.5. The number of rotatable bonds is 7. The molecule has 24 heavy (non-hydrogen) atoms. The van der Waals surface area contributed by atoms with Crippen LogP contribution in [0, 0.1) is 0 Å². The standard InChI is InChI=1S/C18H29N3O3/c1-18(9-5-11-24-18)13-21-17(19-2)20-10-8-14-12-15(22-3)6-7-16(14)23-4/h6-7,12H,5,8-11,13H2,1-4H3,(H2,19,20,21). The summed E-state index contributed by atoms with van der Waals surface area (Å²) in [5.41, 5.74) is 1.01. The number of aliphatic imine (C=N–C) groups is 1. The molecule has 6 nitrogen and oxygen atoms in total. The van der Waals surface area contributed by atoms with Crippen molar-refractivity contribution >= 4 is 5.96 Å². The largest absolute Gasteiger partial charge is 0.497 e. The molecule has 6 heteroatoms. The fraction of sp³-hybridized carbons (Fsp3) is 0.611. The highest BCUT2D eigenvalue weighted by molar-refractivity contribution is 5.79. The summed E-state index contributed by atoms with van der Waals surface area (Å²) in [4.78, 5) is 4.27. The van der Waals surface area contributed by atoms with E-state index in [9.17, 15) is 0 Å². The van der Waals surface area contributed by atoms with Crippen LogP contribution in [0.4, 0.5) is 0 Å². The number of ether oxygens (including phenoxy) is 3. The van der Waals surface area contributed by atoms with Gasteiger partial charge in [-0.05, 0) is 49.9 Å². The normalized spacial score (nSPS) is 20.8. The predicted octanol–water partition coefficient (Wildman–Crippen LogP) is 1.98. The van der Waals surface area contributed by atoms with Gasteiger partial charge in [0.2, 0.25) is 0 Å². The summed E-state index contributed by atoms with van der Waals surface area (Å²) in [5, 5.41) is 6.68. The molecule has 1 aliphatic rings. The summed E-state index contributed by atoms with van der Waals surface area (Å²) < 4.78 is 16.5. The van der Waals surface area contributed by atoms with Gasteiger partial charge in [-0.3, -0.25) is 4.99 Å². The Morgan fingerprint density at radius 1 is 1.29 bits per heavy atom. The second-order valence-electron chi connectivity index (χ2n) is 6.18. The highest BCUT2D eigenvalue weighted by Crippen LogP contribution is 2.24. The van der Waals surface area contributed by atoms with Crippen molar-refractivity contribution in [2.24, 2.45) is 4.99 Å². The lowest BCUT2D eigenvalue weighted by molar-refractivity contribution is 0.0243. The Morgan fingerprint density at radius 3 is 2.75 bits per heavy atom. The van der Waals surface area contributed by atoms with Crippen LogP contribution in [-0.2, 0) is 11.2 Å². The molecule has 2 N–H and O–H groups in total. The summed E-state index contributed by atoms with van der Waals surface area (Å²) in [5.74, 6) is 2.49. The molecule has 1 aromatic rings. The lowest BCUT2D eigenvalue weighted by atomic mass is 10.0. The molecule has 1 atom stereocenters. The first-order valence-corrected chi connectivity index (χ1v) is 8.39. The molecular formula is C18H29N3O3. The van der Waals surface area contributed by atoms with E-state index < -0.39 is 0 Å². The Hall–Kier alpha value is -1.95. The van der Waals surface area contributed by atoms with E-state index in [4.69, 9.17) is 14.2 Å². The molecular weight excluding hydrogens is 306 g/mol. The fourth-order valence-electron chi connectivity index (χ4n) is 2.86. The average Bonchev–Trinajstić information content (AvgIpc) is 3.04. The minimum atomic E-state index is -0.0896. The number of nitrogens with zero attached hydrogens (tertiary/aromatic N) is 1. The second kappa shape index (κ2) is 8.78. The average molecular weight is 335 g/mol. The summed E-state index contributed by atoms with van der Waals surface area (Å²) in [6, 6.07) is 5.84. The summed E-state index contributed by atoms with van der Waals surface area (Å²) in [7, 11) is 5.13. The van der Waals surface area contributed by atoms with Gasteiger partial charge in [0.1, 0.15) is 11.5 Å². The third-order valence-corrected chi connectivity index (χ3v) is 4.33. The van der Waals surface area contributed by atoms with Crippen molar-refractivity contribution in [3.8, 4) is 11.5 Å². The van der Waals surface area contributed by atoms with Gasteiger partial charge in [0.15, 0.2) is 5.96 Å². The van der Waals surface area contributed by atoms with Crippen LogP contribution in [-0.4, -0.2) is 52.5 Å². The molecule has 0 aliphatic carbocycles. The second-order valence-corrected chi connectivity index (χ2v) is 6.18. The molecule has 0 spiro atoms. The zero-order valence-corrected chi connectivity index (χ0v) is 15.1. The van der Waals surface area contributed by atoms with E-state index in [2.05, 4.69) is 22.5 Å². The number of guanidine groups is 1. The number of benzene rings is 1. The van der Waals surface area contributed by atoms with Gasteiger partial charge in [-0.2, -0.15) is 0 Å². The molecule has 1 aromatic carbocycles. The van der Waals surface area contributed by atoms with Crippen molar-refractivity contribution in [1.29, 1.82) is 0 Å². The van der Waals surface area contributed by atoms with E-state index in [1.165, 1.54) is 0 Å². The summed E-state index contributed by atoms with van der Waals surface area (Å²) in [6.45, 7) is 4.50. The van der Waals surface area contributed by atoms with Crippen LogP contribution >= 0.6 is 0 Å². The molecule has 0 bridgehead atoms. The van der Waals surface area contributed by atoms with E-state index in [0.717, 1.165) is 62.0 Å². The SMILES string of the molecule is CN=C(NCCc1cc(OC)ccc1OC)NCC1(C)CCCO1. The third kappa shape index (κ3) is 5.03. The molecule has 1 fully saturated rings. The van der Waals surface area contributed by atoms with E-state index in [1.807, 2.05) is 18.2 Å². The molecule has 2 rings (SSSR count). The Labute approximate surface area is 144 Å². The van der Waals surface area contributed by atoms with Crippen LogP contribution in [0.5, 0.6) is 11.5 Å². The van der Waals surface area contributed by atoms with Crippen LogP contribution in [0.25, 0.3) is 0 Å². The van der Waals surface area contributed by atoms with Gasteiger partial charge in [-0.25, -0.2) is 0 Å². The van der Waals surface area contributed by atoms with Crippen molar-refractivity contribution in [2.75, 3.05) is 41.0 Å². The molecule has 1 heterocycles. The fourth-order valence-corrected chi connectivity index (χ4v) is 2.86. The van der Waals surface area contributed by atoms with Gasteiger partial charge in [-0.1, -0.05) is 0 Å². The van der Waals surface area contributed by atoms with Gasteiger partial charge in [0.25, 0.3) is 0 Å². The lowest BCUT2D eigenvalue weighted by Gasteiger charge is -2.24. The highest BCUT2D eigenvalue weighted by Gasteiger charge is 2.29. The number of nitrogens with one attached hydrogen (secondary N) is 2. The Kier molecular flexibility index (Phi) is 6.73. The minimum Gasteiger partial charge on any atom is -0.497 e. The van der Waals surface area contributed by atoms with Crippen LogP contribution in [0.1, 0.15) is 25.3 Å². The molecule has 0 amide bonds. The van der Waals surface area contributed by atoms with Crippen LogP contribution in [0.15, 0.2) is 23.2 Å². The molecule has 0 aromatic heterocycles. The maximum Gasteiger partial charge on any atom is 0.191 e. The number of hydrogen-bond donors (Lipinski definition) is 2. The maximum absolute atomic E-state index is 5.79. The van der Waals surface area contributed by atoms with Crippen LogP contribution < -0.4 is 20.1 Å². The van der Waals surface area contributed by atoms with Gasteiger partial charge in [0, 0.05) is 26.7 Å². The predicted molar refractivity (Wildman–Crippen MR) is 96.2 cm³/mol. The van der Waals surface area contributed by atoms with Crippen molar-refractivity contribution in [1.82, 2.24) is 10.6 Å². The summed E-state index contributed by atoms with van der Waals surface area (Å²) >= 11 is 0. The zero-order chi connectivity index (χ0) is 17.4. The Morgan fingerprint density at radius 2 is 2.12 bits per heavy atom. The lowest BCUT2D eigenvalue weighted by Crippen LogP contribution is -2.45. The van der Waals surface area contributed by atoms with E-state index in [0.29, 0.717) is 0 Å². The first kappa shape index (κ1) is 18.4. The van der Waals surface area contributed by atoms with Crippen LogP contribution in [0.3, 0.4) is 0 Å². The zero-order valence-electron chi connectivity index (χ0n) is 15.1. The molecule has 0 radical (unpaired) electrons. The Balaban J connectivity index is 1.83. The topological polar surface area (TPSA) is 64.1 Å². The first-order chi connectivity index (χ1) is 11.6. The van der Waals surface area contributed by atoms with Gasteiger partial charge in [-0.15, -0.1) is 0 Å². The van der Waals surface area contributed by atoms with Gasteiger partial charge in [0.05, 0.1) is 19.8 Å². The van der Waals surface area contributed by atoms with Crippen molar-refractivity contribution in [2.45, 2.75) is 31.8 Å². The number of hydrogen-bond acceptors (Lipinski definition) is 4. The summed E-state index contributed by atoms with van der Waals surface area (Å²) in [6.07, 6.45) is 3.02. The van der Waals surface area contributed by atoms with Crippen molar-refractivity contribution < 1.29 is 14.2 Å². The number of methoxy groups -OCH3 is 2. The van der Waals surface area contributed by atoms with Crippen LogP contribution in [0.2, 0.25) is 0 Å². The van der Waals surface area contributed by atoms with E-state index in [-0.39, 0.29) is 5.60 Å². The molecule has 134 valence electrons. The molecule has 0 saturated carbocycles. The molecule has 1 aliphatic heterocycles. The van der Waals surface area contributed by atoms with E-state index >= 15 is 0 Å². The Bertz CT molecular complexity index is 554. The minimum absolute atomic E-state index is 0.0896. The molecule has 1 saturated heterocycles. The van der Waals surface area contributed by atoms with E-state index in [1.54, 1.807) is 21.3 Å². The first-order valence-electron chi connectivity index (χ1n) is 8.39. The van der Waals surface area contributed by atoms with Crippen molar-refractivity contribution in [3.63, 3.8) is 0 Å². The van der Waals surface area contributed by atoms with Crippen molar-refractivity contribution in [3.05, 3.63) is 23.8 Å². The third-order valence-electron chi connectivity index (χ3n) is 4.33. The van der Waals surface area contributed by atoms with Gasteiger partial charge >= 0.3 is 0 Å². The monoisotopic (exact) mass is 335 g/mol. The van der Waals surface area contributed by atoms with Gasteiger partial charge < -0.3 is 24.8 Å². The maximum atomic E-state index is 5.79.